The van der Waals surface area contributed by atoms with Crippen molar-refractivity contribution in [2.45, 2.75) is 50.1 Å². The molecule has 1 aromatic heterocycles. The smallest absolute Gasteiger partial charge is 0.381 e. The van der Waals surface area contributed by atoms with Crippen LogP contribution in [0.3, 0.4) is 0 Å². The van der Waals surface area contributed by atoms with Crippen molar-refractivity contribution in [1.29, 1.82) is 0 Å². The summed E-state index contributed by atoms with van der Waals surface area (Å²) in [7, 11) is 0. The van der Waals surface area contributed by atoms with E-state index >= 15 is 0 Å². The van der Waals surface area contributed by atoms with Crippen molar-refractivity contribution in [1.82, 2.24) is 4.90 Å². The summed E-state index contributed by atoms with van der Waals surface area (Å²) in [6, 6.07) is 5.36. The molecule has 2 fully saturated rings. The molecule has 0 saturated carbocycles. The van der Waals surface area contributed by atoms with Crippen LogP contribution in [0.25, 0.3) is 10.1 Å². The normalized spacial score (nSPS) is 24.9. The fraction of sp³-hybridized carbons (Fsp3) is 0.600. The van der Waals surface area contributed by atoms with Crippen molar-refractivity contribution in [3.05, 3.63) is 26.6 Å². The predicted molar refractivity (Wildman–Crippen MR) is 117 cm³/mol. The Morgan fingerprint density at radius 1 is 1.21 bits per heavy atom. The number of anilines is 1. The largest absolute Gasteiger partial charge is 0.393 e. The summed E-state index contributed by atoms with van der Waals surface area (Å²) in [5.74, 6) is 0. The summed E-state index contributed by atoms with van der Waals surface area (Å²) in [6.45, 7) is 2.68. The second-order valence-electron chi connectivity index (χ2n) is 7.72. The van der Waals surface area contributed by atoms with Crippen LogP contribution < -0.4 is 5.32 Å². The van der Waals surface area contributed by atoms with Crippen LogP contribution in [0.15, 0.2) is 18.2 Å². The third-order valence-electron chi connectivity index (χ3n) is 5.77. The van der Waals surface area contributed by atoms with Crippen LogP contribution in [0.4, 0.5) is 23.2 Å². The van der Waals surface area contributed by atoms with E-state index in [0.717, 1.165) is 43.0 Å². The first-order valence-corrected chi connectivity index (χ1v) is 11.7. The number of hydrogen-bond acceptors (Lipinski definition) is 4. The summed E-state index contributed by atoms with van der Waals surface area (Å²) in [5.41, 5.74) is 1.04. The Morgan fingerprint density at radius 3 is 2.66 bits per heavy atom. The molecule has 2 saturated heterocycles. The minimum absolute atomic E-state index is 0.313. The molecule has 0 spiro atoms. The molecule has 1 N–H and O–H groups in total. The van der Waals surface area contributed by atoms with Gasteiger partial charge in [0.25, 0.3) is 0 Å². The van der Waals surface area contributed by atoms with E-state index in [2.05, 4.69) is 10.2 Å². The van der Waals surface area contributed by atoms with Gasteiger partial charge in [0.05, 0.1) is 25.7 Å². The van der Waals surface area contributed by atoms with Gasteiger partial charge in [-0.15, -0.1) is 11.3 Å². The first-order valence-electron chi connectivity index (χ1n) is 9.81. The van der Waals surface area contributed by atoms with Gasteiger partial charge in [-0.2, -0.15) is 13.2 Å². The van der Waals surface area contributed by atoms with Crippen molar-refractivity contribution in [3.63, 3.8) is 0 Å². The molecular weight excluding hydrogens is 519 g/mol. The third kappa shape index (κ3) is 4.99. The molecule has 9 heteroatoms. The average molecular weight is 542 g/mol. The lowest BCUT2D eigenvalue weighted by Gasteiger charge is -2.41. The number of halogens is 5. The summed E-state index contributed by atoms with van der Waals surface area (Å²) in [6.07, 6.45) is -3.65. The molecule has 2 aromatic rings. The maximum absolute atomic E-state index is 15.0. The Morgan fingerprint density at radius 2 is 1.97 bits per heavy atom. The van der Waals surface area contributed by atoms with Gasteiger partial charge >= 0.3 is 6.18 Å². The lowest BCUT2D eigenvalue weighted by molar-refractivity contribution is -0.127. The molecule has 29 heavy (non-hydrogen) atoms. The van der Waals surface area contributed by atoms with Gasteiger partial charge in [0.2, 0.25) is 0 Å². The zero-order valence-corrected chi connectivity index (χ0v) is 18.7. The molecular formula is C20H23F4IN2OS. The number of ether oxygens (including phenoxy) is 1. The summed E-state index contributed by atoms with van der Waals surface area (Å²) >= 11 is 3.31. The average Bonchev–Trinajstić information content (AvgIpc) is 2.99. The minimum Gasteiger partial charge on any atom is -0.381 e. The Balaban J connectivity index is 1.49. The SMILES string of the molecule is F[C@H]1CN(C2CCOCC2)CC[C@H]1Nc1cccc2c(CC(F)(F)F)c(I)sc12. The van der Waals surface area contributed by atoms with Crippen LogP contribution in [0.5, 0.6) is 0 Å². The number of likely N-dealkylation sites (tertiary alicyclic amines) is 1. The van der Waals surface area contributed by atoms with E-state index in [1.807, 2.05) is 28.7 Å². The number of nitrogens with one attached hydrogen (secondary N) is 1. The van der Waals surface area contributed by atoms with Gasteiger partial charge in [-0.3, -0.25) is 4.90 Å². The van der Waals surface area contributed by atoms with Crippen LogP contribution >= 0.6 is 33.9 Å². The lowest BCUT2D eigenvalue weighted by Crippen LogP contribution is -2.52. The zero-order valence-electron chi connectivity index (χ0n) is 15.8. The Hall–Kier alpha value is -0.650. The second-order valence-corrected chi connectivity index (χ2v) is 10.6. The monoisotopic (exact) mass is 542 g/mol. The summed E-state index contributed by atoms with van der Waals surface area (Å²) in [4.78, 5) is 2.22. The summed E-state index contributed by atoms with van der Waals surface area (Å²) in [5, 5.41) is 3.91. The molecule has 0 bridgehead atoms. The zero-order chi connectivity index (χ0) is 20.6. The molecule has 0 aliphatic carbocycles. The van der Waals surface area contributed by atoms with Gasteiger partial charge in [-0.25, -0.2) is 4.39 Å². The van der Waals surface area contributed by atoms with Crippen molar-refractivity contribution < 1.29 is 22.3 Å². The number of thiophene rings is 1. The maximum atomic E-state index is 15.0. The van der Waals surface area contributed by atoms with E-state index in [1.165, 1.54) is 11.3 Å². The van der Waals surface area contributed by atoms with Gasteiger partial charge in [0.15, 0.2) is 0 Å². The van der Waals surface area contributed by atoms with E-state index in [-0.39, 0.29) is 6.04 Å². The first kappa shape index (κ1) is 21.6. The summed E-state index contributed by atoms with van der Waals surface area (Å²) < 4.78 is 60.7. The van der Waals surface area contributed by atoms with Gasteiger partial charge in [0.1, 0.15) is 6.17 Å². The maximum Gasteiger partial charge on any atom is 0.393 e. The number of benzene rings is 1. The quantitative estimate of drug-likeness (QED) is 0.402. The van der Waals surface area contributed by atoms with Crippen LogP contribution in [0.2, 0.25) is 0 Å². The Labute approximate surface area is 184 Å². The number of rotatable bonds is 4. The van der Waals surface area contributed by atoms with Gasteiger partial charge < -0.3 is 10.1 Å². The lowest BCUT2D eigenvalue weighted by atomic mass is 9.98. The number of hydrogen-bond donors (Lipinski definition) is 1. The highest BCUT2D eigenvalue weighted by atomic mass is 127. The van der Waals surface area contributed by atoms with E-state index < -0.39 is 18.8 Å². The highest BCUT2D eigenvalue weighted by molar-refractivity contribution is 14.1. The fourth-order valence-electron chi connectivity index (χ4n) is 4.29. The molecule has 2 atom stereocenters. The number of alkyl halides is 4. The molecule has 3 nitrogen and oxygen atoms in total. The van der Waals surface area contributed by atoms with E-state index in [1.54, 1.807) is 12.1 Å². The molecule has 1 aromatic carbocycles. The fourth-order valence-corrected chi connectivity index (χ4v) is 6.46. The molecule has 3 heterocycles. The second kappa shape index (κ2) is 8.84. The third-order valence-corrected chi connectivity index (χ3v) is 8.15. The van der Waals surface area contributed by atoms with E-state index in [4.69, 9.17) is 4.74 Å². The van der Waals surface area contributed by atoms with E-state index in [9.17, 15) is 17.6 Å². The van der Waals surface area contributed by atoms with Gasteiger partial charge in [-0.05, 0) is 58.9 Å². The Bertz CT molecular complexity index is 853. The predicted octanol–water partition coefficient (Wildman–Crippen LogP) is 5.61. The first-order chi connectivity index (χ1) is 13.8. The highest BCUT2D eigenvalue weighted by Crippen LogP contribution is 2.40. The molecule has 2 aliphatic heterocycles. The Kier molecular flexibility index (Phi) is 6.58. The topological polar surface area (TPSA) is 24.5 Å². The van der Waals surface area contributed by atoms with Crippen LogP contribution in [0, 0.1) is 2.88 Å². The van der Waals surface area contributed by atoms with Crippen molar-refractivity contribution in [2.24, 2.45) is 0 Å². The van der Waals surface area contributed by atoms with Crippen molar-refractivity contribution in [3.8, 4) is 0 Å². The van der Waals surface area contributed by atoms with Crippen LogP contribution in [0.1, 0.15) is 24.8 Å². The van der Waals surface area contributed by atoms with Crippen molar-refractivity contribution in [2.75, 3.05) is 31.6 Å². The standard InChI is InChI=1S/C20H23F4IN2OS/c21-15-11-27(12-5-8-28-9-6-12)7-4-16(15)26-17-3-1-2-13-14(10-20(22,23)24)19(25)29-18(13)17/h1-3,12,15-16,26H,4-11H2/t15-,16+/m0/s1. The molecule has 0 amide bonds. The molecule has 160 valence electrons. The number of piperidine rings is 1. The molecule has 0 radical (unpaired) electrons. The van der Waals surface area contributed by atoms with Gasteiger partial charge in [0, 0.05) is 32.3 Å². The minimum atomic E-state index is -4.25. The molecule has 2 aliphatic rings. The van der Waals surface area contributed by atoms with Crippen LogP contribution in [-0.2, 0) is 11.2 Å². The van der Waals surface area contributed by atoms with Crippen molar-refractivity contribution >= 4 is 49.7 Å². The van der Waals surface area contributed by atoms with E-state index in [0.29, 0.717) is 32.8 Å². The highest BCUT2D eigenvalue weighted by Gasteiger charge is 2.34. The number of nitrogens with zero attached hydrogens (tertiary/aromatic N) is 1. The van der Waals surface area contributed by atoms with Crippen LogP contribution in [-0.4, -0.2) is 55.6 Å². The molecule has 0 unspecified atom stereocenters. The van der Waals surface area contributed by atoms with Gasteiger partial charge in [-0.1, -0.05) is 12.1 Å². The molecule has 4 rings (SSSR count). The number of fused-ring (bicyclic) bond motifs is 1.